The second kappa shape index (κ2) is 5.76. The first-order valence-corrected chi connectivity index (χ1v) is 5.15. The van der Waals surface area contributed by atoms with Gasteiger partial charge in [0.05, 0.1) is 11.0 Å². The molecule has 7 heteroatoms. The zero-order valence-corrected chi connectivity index (χ0v) is 9.62. The molecule has 0 spiro atoms. The minimum absolute atomic E-state index is 0.0770. The third-order valence-electron chi connectivity index (χ3n) is 2.27. The van der Waals surface area contributed by atoms with Crippen molar-refractivity contribution in [2.75, 3.05) is 0 Å². The average Bonchev–Trinajstić information content (AvgIpc) is 2.27. The number of nitro benzene ring substituents is 1. The smallest absolute Gasteiger partial charge is 0.312 e. The molecule has 1 aromatic rings. The topological polar surface area (TPSA) is 110 Å². The summed E-state index contributed by atoms with van der Waals surface area (Å²) in [4.78, 5) is 31.6. The van der Waals surface area contributed by atoms with E-state index in [-0.39, 0.29) is 5.69 Å². The van der Waals surface area contributed by atoms with Crippen molar-refractivity contribution in [2.45, 2.75) is 19.4 Å². The van der Waals surface area contributed by atoms with Crippen LogP contribution in [0.1, 0.15) is 24.9 Å². The zero-order valence-electron chi connectivity index (χ0n) is 9.62. The maximum atomic E-state index is 11.2. The lowest BCUT2D eigenvalue weighted by Gasteiger charge is -2.13. The second-order valence-electron chi connectivity index (χ2n) is 3.71. The van der Waals surface area contributed by atoms with Crippen LogP contribution in [-0.4, -0.2) is 21.9 Å². The number of carboxylic acids is 1. The van der Waals surface area contributed by atoms with Gasteiger partial charge in [-0.2, -0.15) is 0 Å². The average molecular weight is 252 g/mol. The highest BCUT2D eigenvalue weighted by molar-refractivity contribution is 5.93. The molecule has 0 aliphatic heterocycles. The molecular weight excluding hydrogens is 240 g/mol. The summed E-state index contributed by atoms with van der Waals surface area (Å²) in [6, 6.07) is 5.32. The number of carboxylic acid groups (broad SMARTS) is 1. The molecule has 0 aromatic heterocycles. The summed E-state index contributed by atoms with van der Waals surface area (Å²) in [5, 5.41) is 21.5. The van der Waals surface area contributed by atoms with Gasteiger partial charge in [-0.3, -0.25) is 19.7 Å². The molecule has 1 amide bonds. The fourth-order valence-corrected chi connectivity index (χ4v) is 1.42. The van der Waals surface area contributed by atoms with Crippen LogP contribution < -0.4 is 5.32 Å². The highest BCUT2D eigenvalue weighted by atomic mass is 16.6. The predicted molar refractivity (Wildman–Crippen MR) is 61.9 cm³/mol. The molecule has 7 nitrogen and oxygen atoms in total. The van der Waals surface area contributed by atoms with Gasteiger partial charge in [0.25, 0.3) is 5.69 Å². The predicted octanol–water partition coefficient (Wildman–Crippen LogP) is 1.25. The van der Waals surface area contributed by atoms with Gasteiger partial charge in [-0.05, 0) is 12.5 Å². The molecule has 0 fully saturated rings. The van der Waals surface area contributed by atoms with Crippen LogP contribution in [0.15, 0.2) is 24.3 Å². The first kappa shape index (κ1) is 13.6. The monoisotopic (exact) mass is 252 g/mol. The van der Waals surface area contributed by atoms with Crippen molar-refractivity contribution in [3.05, 3.63) is 39.9 Å². The van der Waals surface area contributed by atoms with Gasteiger partial charge in [-0.1, -0.05) is 12.1 Å². The Labute approximate surface area is 103 Å². The molecule has 0 bridgehead atoms. The van der Waals surface area contributed by atoms with Crippen LogP contribution in [-0.2, 0) is 9.59 Å². The Kier molecular flexibility index (Phi) is 4.36. The van der Waals surface area contributed by atoms with Crippen LogP contribution in [0.2, 0.25) is 0 Å². The minimum Gasteiger partial charge on any atom is -0.481 e. The molecule has 0 saturated heterocycles. The normalized spacial score (nSPS) is 11.6. The Hall–Kier alpha value is -2.44. The first-order valence-electron chi connectivity index (χ1n) is 5.15. The van der Waals surface area contributed by atoms with Gasteiger partial charge in [-0.15, -0.1) is 0 Å². The third kappa shape index (κ3) is 3.85. The standard InChI is InChI=1S/C11H12N2O5/c1-7(12-10(14)6-11(15)16)8-3-2-4-9(5-8)13(17)18/h2-5,7H,6H2,1H3,(H,12,14)(H,15,16). The fraction of sp³-hybridized carbons (Fsp3) is 0.273. The van der Waals surface area contributed by atoms with Crippen molar-refractivity contribution in [3.63, 3.8) is 0 Å². The number of hydrogen-bond donors (Lipinski definition) is 2. The number of nitro groups is 1. The van der Waals surface area contributed by atoms with Gasteiger partial charge in [0.15, 0.2) is 0 Å². The number of nitrogens with one attached hydrogen (secondary N) is 1. The number of non-ortho nitro benzene ring substituents is 1. The largest absolute Gasteiger partial charge is 0.481 e. The number of aliphatic carboxylic acids is 1. The van der Waals surface area contributed by atoms with Crippen LogP contribution in [0.3, 0.4) is 0 Å². The van der Waals surface area contributed by atoms with Gasteiger partial charge in [0, 0.05) is 12.1 Å². The van der Waals surface area contributed by atoms with E-state index in [0.29, 0.717) is 5.56 Å². The number of hydrogen-bond acceptors (Lipinski definition) is 4. The lowest BCUT2D eigenvalue weighted by atomic mass is 10.1. The van der Waals surface area contributed by atoms with E-state index in [1.807, 2.05) is 0 Å². The number of amides is 1. The van der Waals surface area contributed by atoms with Crippen molar-refractivity contribution in [2.24, 2.45) is 0 Å². The lowest BCUT2D eigenvalue weighted by Crippen LogP contribution is -2.28. The SMILES string of the molecule is CC(NC(=O)CC(=O)O)c1cccc([N+](=O)[O-])c1. The van der Waals surface area contributed by atoms with E-state index in [1.54, 1.807) is 13.0 Å². The number of carbonyl (C=O) groups excluding carboxylic acids is 1. The molecule has 96 valence electrons. The van der Waals surface area contributed by atoms with Crippen molar-refractivity contribution >= 4 is 17.6 Å². The summed E-state index contributed by atoms with van der Waals surface area (Å²) in [5.41, 5.74) is 0.467. The number of benzene rings is 1. The van der Waals surface area contributed by atoms with Crippen LogP contribution in [0.4, 0.5) is 5.69 Å². The highest BCUT2D eigenvalue weighted by Gasteiger charge is 2.14. The van der Waals surface area contributed by atoms with Crippen molar-refractivity contribution < 1.29 is 19.6 Å². The third-order valence-corrected chi connectivity index (χ3v) is 2.27. The second-order valence-corrected chi connectivity index (χ2v) is 3.71. The molecule has 0 heterocycles. The van der Waals surface area contributed by atoms with Crippen LogP contribution >= 0.6 is 0 Å². The van der Waals surface area contributed by atoms with Gasteiger partial charge in [0.1, 0.15) is 6.42 Å². The van der Waals surface area contributed by atoms with E-state index in [9.17, 15) is 19.7 Å². The molecule has 1 rings (SSSR count). The fourth-order valence-electron chi connectivity index (χ4n) is 1.42. The number of rotatable bonds is 5. The number of nitrogens with zero attached hydrogens (tertiary/aromatic N) is 1. The van der Waals surface area contributed by atoms with Crippen LogP contribution in [0.25, 0.3) is 0 Å². The Morgan fingerprint density at radius 1 is 1.50 bits per heavy atom. The first-order chi connectivity index (χ1) is 8.40. The molecule has 2 N–H and O–H groups in total. The molecule has 18 heavy (non-hydrogen) atoms. The van der Waals surface area contributed by atoms with Gasteiger partial charge >= 0.3 is 5.97 Å². The van der Waals surface area contributed by atoms with Crippen molar-refractivity contribution in [3.8, 4) is 0 Å². The molecular formula is C11H12N2O5. The molecule has 0 aliphatic carbocycles. The summed E-state index contributed by atoms with van der Waals surface area (Å²) >= 11 is 0. The van der Waals surface area contributed by atoms with Crippen molar-refractivity contribution in [1.29, 1.82) is 0 Å². The molecule has 1 atom stereocenters. The van der Waals surface area contributed by atoms with E-state index in [2.05, 4.69) is 5.32 Å². The van der Waals surface area contributed by atoms with Crippen LogP contribution in [0, 0.1) is 10.1 Å². The summed E-state index contributed by atoms with van der Waals surface area (Å²) in [5.74, 6) is -1.86. The molecule has 0 radical (unpaired) electrons. The maximum absolute atomic E-state index is 11.2. The summed E-state index contributed by atoms with van der Waals surface area (Å²) in [6.07, 6.45) is -0.626. The molecule has 1 unspecified atom stereocenters. The summed E-state index contributed by atoms with van der Waals surface area (Å²) < 4.78 is 0. The van der Waals surface area contributed by atoms with Gasteiger partial charge in [0.2, 0.25) is 5.91 Å². The van der Waals surface area contributed by atoms with Crippen LogP contribution in [0.5, 0.6) is 0 Å². The highest BCUT2D eigenvalue weighted by Crippen LogP contribution is 2.18. The van der Waals surface area contributed by atoms with E-state index < -0.39 is 29.3 Å². The van der Waals surface area contributed by atoms with E-state index in [0.717, 1.165) is 0 Å². The molecule has 0 saturated carbocycles. The van der Waals surface area contributed by atoms with Gasteiger partial charge in [-0.25, -0.2) is 0 Å². The van der Waals surface area contributed by atoms with Crippen molar-refractivity contribution in [1.82, 2.24) is 5.32 Å². The Balaban J connectivity index is 2.75. The van der Waals surface area contributed by atoms with Gasteiger partial charge < -0.3 is 10.4 Å². The van der Waals surface area contributed by atoms with E-state index in [4.69, 9.17) is 5.11 Å². The van der Waals surface area contributed by atoms with E-state index in [1.165, 1.54) is 18.2 Å². The minimum atomic E-state index is -1.22. The molecule has 1 aromatic carbocycles. The zero-order chi connectivity index (χ0) is 13.7. The Morgan fingerprint density at radius 2 is 2.17 bits per heavy atom. The Bertz CT molecular complexity index is 486. The lowest BCUT2D eigenvalue weighted by molar-refractivity contribution is -0.384. The molecule has 0 aliphatic rings. The number of carbonyl (C=O) groups is 2. The summed E-state index contributed by atoms with van der Waals surface area (Å²) in [6.45, 7) is 1.62. The van der Waals surface area contributed by atoms with E-state index >= 15 is 0 Å². The maximum Gasteiger partial charge on any atom is 0.312 e. The summed E-state index contributed by atoms with van der Waals surface area (Å²) in [7, 11) is 0. The quantitative estimate of drug-likeness (QED) is 0.465. The Morgan fingerprint density at radius 3 is 2.72 bits per heavy atom.